The normalized spacial score (nSPS) is 17.8. The average Bonchev–Trinajstić information content (AvgIpc) is 2.95. The Labute approximate surface area is 107 Å². The minimum absolute atomic E-state index is 0.151. The van der Waals surface area contributed by atoms with E-state index in [1.54, 1.807) is 18.2 Å². The van der Waals surface area contributed by atoms with E-state index in [1.165, 1.54) is 0 Å². The lowest BCUT2D eigenvalue weighted by atomic mass is 10.0. The maximum atomic E-state index is 12.7. The molecule has 2 N–H and O–H groups in total. The van der Waals surface area contributed by atoms with Crippen LogP contribution in [0.15, 0.2) is 29.5 Å². The second kappa shape index (κ2) is 4.34. The van der Waals surface area contributed by atoms with Crippen molar-refractivity contribution in [2.75, 3.05) is 13.3 Å². The number of benzene rings is 1. The van der Waals surface area contributed by atoms with Gasteiger partial charge < -0.3 is 14.9 Å². The maximum Gasteiger partial charge on any atom is 0.432 e. The van der Waals surface area contributed by atoms with E-state index in [1.807, 2.05) is 0 Å². The first-order valence-corrected chi connectivity index (χ1v) is 5.70. The standard InChI is InChI=1S/C12H11F3N2O2/c13-12(14,15)11-8(5-16-17-11)3-7-1-2-9-10(4-7)19-6-18-9/h1-2,4,16-17H,3,5-6H2. The predicted octanol–water partition coefficient (Wildman–Crippen LogP) is 1.88. The third kappa shape index (κ3) is 2.33. The molecule has 0 aliphatic carbocycles. The monoisotopic (exact) mass is 272 g/mol. The molecule has 4 nitrogen and oxygen atoms in total. The van der Waals surface area contributed by atoms with Crippen molar-refractivity contribution in [3.8, 4) is 11.5 Å². The number of alkyl halides is 3. The van der Waals surface area contributed by atoms with Gasteiger partial charge in [-0.1, -0.05) is 6.07 Å². The number of allylic oxidation sites excluding steroid dienone is 1. The van der Waals surface area contributed by atoms with Gasteiger partial charge in [-0.3, -0.25) is 0 Å². The molecule has 1 aromatic carbocycles. The Morgan fingerprint density at radius 3 is 2.74 bits per heavy atom. The highest BCUT2D eigenvalue weighted by atomic mass is 19.4. The van der Waals surface area contributed by atoms with Crippen LogP contribution >= 0.6 is 0 Å². The summed E-state index contributed by atoms with van der Waals surface area (Å²) < 4.78 is 48.5. The molecule has 0 saturated heterocycles. The zero-order valence-electron chi connectivity index (χ0n) is 9.80. The predicted molar refractivity (Wildman–Crippen MR) is 60.5 cm³/mol. The Bertz CT molecular complexity index is 540. The smallest absolute Gasteiger partial charge is 0.432 e. The van der Waals surface area contributed by atoms with E-state index in [9.17, 15) is 13.2 Å². The largest absolute Gasteiger partial charge is 0.454 e. The van der Waals surface area contributed by atoms with E-state index >= 15 is 0 Å². The van der Waals surface area contributed by atoms with Crippen molar-refractivity contribution in [3.05, 3.63) is 35.0 Å². The van der Waals surface area contributed by atoms with Crippen molar-refractivity contribution in [2.24, 2.45) is 0 Å². The molecule has 7 heteroatoms. The lowest BCUT2D eigenvalue weighted by Crippen LogP contribution is -2.30. The fraction of sp³-hybridized carbons (Fsp3) is 0.333. The summed E-state index contributed by atoms with van der Waals surface area (Å²) in [6.45, 7) is 0.321. The van der Waals surface area contributed by atoms with Gasteiger partial charge in [0, 0.05) is 6.54 Å². The van der Waals surface area contributed by atoms with Crippen LogP contribution in [-0.2, 0) is 6.42 Å². The van der Waals surface area contributed by atoms with Gasteiger partial charge in [-0.05, 0) is 29.7 Å². The summed E-state index contributed by atoms with van der Waals surface area (Å²) >= 11 is 0. The molecule has 0 radical (unpaired) electrons. The lowest BCUT2D eigenvalue weighted by molar-refractivity contribution is -0.0971. The minimum atomic E-state index is -4.37. The molecule has 3 rings (SSSR count). The van der Waals surface area contributed by atoms with Crippen LogP contribution in [-0.4, -0.2) is 19.5 Å². The molecule has 19 heavy (non-hydrogen) atoms. The second-order valence-corrected chi connectivity index (χ2v) is 4.32. The summed E-state index contributed by atoms with van der Waals surface area (Å²) in [5.74, 6) is 1.20. The topological polar surface area (TPSA) is 42.5 Å². The number of fused-ring (bicyclic) bond motifs is 1. The SMILES string of the molecule is FC(F)(F)C1=C(Cc2ccc3c(c2)OCO3)CNN1. The van der Waals surface area contributed by atoms with Crippen LogP contribution in [0.4, 0.5) is 13.2 Å². The van der Waals surface area contributed by atoms with Gasteiger partial charge in [-0.25, -0.2) is 5.43 Å². The number of rotatable bonds is 2. The van der Waals surface area contributed by atoms with Crippen LogP contribution in [0.3, 0.4) is 0 Å². The van der Waals surface area contributed by atoms with Crippen LogP contribution in [0.1, 0.15) is 5.56 Å². The first-order chi connectivity index (χ1) is 9.04. The third-order valence-electron chi connectivity index (χ3n) is 3.01. The number of hydrogen-bond donors (Lipinski definition) is 2. The molecule has 102 valence electrons. The Hall–Kier alpha value is -1.89. The summed E-state index contributed by atoms with van der Waals surface area (Å²) in [6, 6.07) is 5.16. The summed E-state index contributed by atoms with van der Waals surface area (Å²) in [5.41, 5.74) is 5.01. The Kier molecular flexibility index (Phi) is 2.78. The number of hydrazine groups is 1. The van der Waals surface area contributed by atoms with Gasteiger partial charge in [0.25, 0.3) is 0 Å². The average molecular weight is 272 g/mol. The Balaban J connectivity index is 1.85. The molecule has 2 aliphatic rings. The highest BCUT2D eigenvalue weighted by Crippen LogP contribution is 2.34. The molecule has 0 unspecified atom stereocenters. The van der Waals surface area contributed by atoms with Gasteiger partial charge in [0.15, 0.2) is 11.5 Å². The maximum absolute atomic E-state index is 12.7. The number of halogens is 3. The van der Waals surface area contributed by atoms with E-state index in [0.717, 1.165) is 5.56 Å². The Morgan fingerprint density at radius 1 is 1.16 bits per heavy atom. The second-order valence-electron chi connectivity index (χ2n) is 4.32. The van der Waals surface area contributed by atoms with Gasteiger partial charge >= 0.3 is 6.18 Å². The molecular formula is C12H11F3N2O2. The van der Waals surface area contributed by atoms with Crippen LogP contribution < -0.4 is 20.3 Å². The lowest BCUT2D eigenvalue weighted by Gasteiger charge is -2.10. The van der Waals surface area contributed by atoms with Gasteiger partial charge in [0.05, 0.1) is 0 Å². The highest BCUT2D eigenvalue weighted by Gasteiger charge is 2.38. The zero-order chi connectivity index (χ0) is 13.5. The fourth-order valence-corrected chi connectivity index (χ4v) is 2.14. The minimum Gasteiger partial charge on any atom is -0.454 e. The molecule has 2 heterocycles. The van der Waals surface area contributed by atoms with Crippen LogP contribution in [0, 0.1) is 0 Å². The summed E-state index contributed by atoms with van der Waals surface area (Å²) in [7, 11) is 0. The molecule has 2 aliphatic heterocycles. The van der Waals surface area contributed by atoms with E-state index in [-0.39, 0.29) is 25.3 Å². The molecule has 0 spiro atoms. The van der Waals surface area contributed by atoms with Crippen molar-refractivity contribution < 1.29 is 22.6 Å². The Morgan fingerprint density at radius 2 is 1.95 bits per heavy atom. The number of hydrogen-bond acceptors (Lipinski definition) is 4. The quantitative estimate of drug-likeness (QED) is 0.862. The van der Waals surface area contributed by atoms with Crippen LogP contribution in [0.2, 0.25) is 0 Å². The number of ether oxygens (including phenoxy) is 2. The van der Waals surface area contributed by atoms with E-state index in [2.05, 4.69) is 10.9 Å². The molecule has 0 fully saturated rings. The summed E-state index contributed by atoms with van der Waals surface area (Å²) in [5, 5.41) is 0. The van der Waals surface area contributed by atoms with Crippen molar-refractivity contribution in [3.63, 3.8) is 0 Å². The molecule has 0 amide bonds. The van der Waals surface area contributed by atoms with E-state index < -0.39 is 11.9 Å². The molecular weight excluding hydrogens is 261 g/mol. The molecule has 0 saturated carbocycles. The van der Waals surface area contributed by atoms with Gasteiger partial charge in [-0.2, -0.15) is 13.2 Å². The van der Waals surface area contributed by atoms with Crippen LogP contribution in [0.25, 0.3) is 0 Å². The van der Waals surface area contributed by atoms with Gasteiger partial charge in [0.1, 0.15) is 5.70 Å². The molecule has 0 bridgehead atoms. The van der Waals surface area contributed by atoms with E-state index in [4.69, 9.17) is 9.47 Å². The first-order valence-electron chi connectivity index (χ1n) is 5.70. The zero-order valence-corrected chi connectivity index (χ0v) is 9.80. The molecule has 0 atom stereocenters. The van der Waals surface area contributed by atoms with Gasteiger partial charge in [-0.15, -0.1) is 0 Å². The highest BCUT2D eigenvalue weighted by molar-refractivity contribution is 5.45. The summed E-state index contributed by atoms with van der Waals surface area (Å²) in [6.07, 6.45) is -4.15. The third-order valence-corrected chi connectivity index (χ3v) is 3.01. The first kappa shape index (κ1) is 12.2. The van der Waals surface area contributed by atoms with E-state index in [0.29, 0.717) is 11.5 Å². The summed E-state index contributed by atoms with van der Waals surface area (Å²) in [4.78, 5) is 0. The van der Waals surface area contributed by atoms with Crippen molar-refractivity contribution >= 4 is 0 Å². The van der Waals surface area contributed by atoms with Gasteiger partial charge in [0.2, 0.25) is 6.79 Å². The number of nitrogens with one attached hydrogen (secondary N) is 2. The van der Waals surface area contributed by atoms with Crippen molar-refractivity contribution in [1.82, 2.24) is 10.9 Å². The van der Waals surface area contributed by atoms with Crippen molar-refractivity contribution in [1.29, 1.82) is 0 Å². The molecule has 1 aromatic rings. The fourth-order valence-electron chi connectivity index (χ4n) is 2.14. The molecule has 0 aromatic heterocycles. The van der Waals surface area contributed by atoms with Crippen molar-refractivity contribution in [2.45, 2.75) is 12.6 Å². The van der Waals surface area contributed by atoms with Crippen LogP contribution in [0.5, 0.6) is 11.5 Å².